The number of carboxylic acids is 1. The molecule has 0 spiro atoms. The van der Waals surface area contributed by atoms with E-state index >= 15 is 0 Å². The SMILES string of the molecule is O=C(O)[C@H]1CN(C(=O)CCCOc2ccc(Cl)cc2)CCO1. The second kappa shape index (κ2) is 8.00. The summed E-state index contributed by atoms with van der Waals surface area (Å²) in [6, 6.07) is 7.01. The summed E-state index contributed by atoms with van der Waals surface area (Å²) in [5.74, 6) is -0.410. The average molecular weight is 328 g/mol. The van der Waals surface area contributed by atoms with Crippen molar-refractivity contribution in [1.29, 1.82) is 0 Å². The van der Waals surface area contributed by atoms with Crippen molar-refractivity contribution in [2.45, 2.75) is 18.9 Å². The number of morpholine rings is 1. The van der Waals surface area contributed by atoms with Gasteiger partial charge < -0.3 is 19.5 Å². The summed E-state index contributed by atoms with van der Waals surface area (Å²) in [5, 5.41) is 9.55. The summed E-state index contributed by atoms with van der Waals surface area (Å²) in [6.45, 7) is 1.21. The Morgan fingerprint density at radius 3 is 2.77 bits per heavy atom. The minimum atomic E-state index is -1.04. The van der Waals surface area contributed by atoms with E-state index in [4.69, 9.17) is 26.2 Å². The third-order valence-corrected chi connectivity index (χ3v) is 3.56. The van der Waals surface area contributed by atoms with E-state index in [0.29, 0.717) is 36.8 Å². The van der Waals surface area contributed by atoms with Gasteiger partial charge in [-0.15, -0.1) is 0 Å². The number of carbonyl (C=O) groups is 2. The molecule has 0 saturated carbocycles. The lowest BCUT2D eigenvalue weighted by Gasteiger charge is -2.30. The standard InChI is InChI=1S/C15H18ClNO5/c16-11-3-5-12(6-4-11)21-8-1-2-14(18)17-7-9-22-13(10-17)15(19)20/h3-6,13H,1-2,7-10H2,(H,19,20)/t13-/m1/s1. The fourth-order valence-electron chi connectivity index (χ4n) is 2.13. The molecule has 7 heteroatoms. The molecule has 1 aliphatic heterocycles. The average Bonchev–Trinajstić information content (AvgIpc) is 2.53. The number of carboxylic acid groups (broad SMARTS) is 1. The monoisotopic (exact) mass is 327 g/mol. The van der Waals surface area contributed by atoms with Gasteiger partial charge in [0, 0.05) is 18.0 Å². The van der Waals surface area contributed by atoms with E-state index in [-0.39, 0.29) is 19.1 Å². The number of aliphatic carboxylic acids is 1. The van der Waals surface area contributed by atoms with Crippen LogP contribution < -0.4 is 4.74 Å². The zero-order valence-corrected chi connectivity index (χ0v) is 12.8. The lowest BCUT2D eigenvalue weighted by Crippen LogP contribution is -2.48. The minimum absolute atomic E-state index is 0.0748. The molecule has 0 radical (unpaired) electrons. The zero-order valence-electron chi connectivity index (χ0n) is 12.0. The normalized spacial score (nSPS) is 18.0. The Kier molecular flexibility index (Phi) is 6.03. The van der Waals surface area contributed by atoms with Gasteiger partial charge in [-0.25, -0.2) is 4.79 Å². The molecule has 2 rings (SSSR count). The molecule has 6 nitrogen and oxygen atoms in total. The Hall–Kier alpha value is -1.79. The maximum absolute atomic E-state index is 12.0. The molecule has 0 aliphatic carbocycles. The lowest BCUT2D eigenvalue weighted by atomic mass is 10.2. The van der Waals surface area contributed by atoms with Crippen molar-refractivity contribution in [2.75, 3.05) is 26.3 Å². The van der Waals surface area contributed by atoms with Crippen LogP contribution in [0.25, 0.3) is 0 Å². The molecule has 1 aliphatic rings. The maximum Gasteiger partial charge on any atom is 0.334 e. The van der Waals surface area contributed by atoms with Gasteiger partial charge in [-0.3, -0.25) is 4.79 Å². The van der Waals surface area contributed by atoms with Gasteiger partial charge in [0.15, 0.2) is 6.10 Å². The van der Waals surface area contributed by atoms with Crippen molar-refractivity contribution < 1.29 is 24.2 Å². The van der Waals surface area contributed by atoms with Gasteiger partial charge >= 0.3 is 5.97 Å². The van der Waals surface area contributed by atoms with Crippen molar-refractivity contribution in [2.24, 2.45) is 0 Å². The largest absolute Gasteiger partial charge is 0.494 e. The Bertz CT molecular complexity index is 519. The Morgan fingerprint density at radius 2 is 2.09 bits per heavy atom. The highest BCUT2D eigenvalue weighted by Gasteiger charge is 2.28. The molecule has 1 atom stereocenters. The number of nitrogens with zero attached hydrogens (tertiary/aromatic N) is 1. The first-order valence-electron chi connectivity index (χ1n) is 7.07. The number of halogens is 1. The van der Waals surface area contributed by atoms with Crippen LogP contribution in [0, 0.1) is 0 Å². The van der Waals surface area contributed by atoms with Crippen LogP contribution >= 0.6 is 11.6 Å². The Labute approximate surface area is 133 Å². The molecule has 1 heterocycles. The van der Waals surface area contributed by atoms with Crippen LogP contribution in [-0.4, -0.2) is 54.3 Å². The minimum Gasteiger partial charge on any atom is -0.494 e. The van der Waals surface area contributed by atoms with Crippen molar-refractivity contribution in [3.8, 4) is 5.75 Å². The number of benzene rings is 1. The molecular weight excluding hydrogens is 310 g/mol. The van der Waals surface area contributed by atoms with Gasteiger partial charge in [-0.1, -0.05) is 11.6 Å². The summed E-state index contributed by atoms with van der Waals surface area (Å²) in [5.41, 5.74) is 0. The summed E-state index contributed by atoms with van der Waals surface area (Å²) >= 11 is 5.78. The van der Waals surface area contributed by atoms with Crippen LogP contribution in [0.5, 0.6) is 5.75 Å². The van der Waals surface area contributed by atoms with Gasteiger partial charge in [0.05, 0.1) is 19.8 Å². The predicted octanol–water partition coefficient (Wildman–Crippen LogP) is 1.81. The molecule has 1 aromatic carbocycles. The van der Waals surface area contributed by atoms with E-state index in [1.54, 1.807) is 24.3 Å². The van der Waals surface area contributed by atoms with E-state index < -0.39 is 12.1 Å². The van der Waals surface area contributed by atoms with E-state index in [2.05, 4.69) is 0 Å². The van der Waals surface area contributed by atoms with Crippen LogP contribution in [0.1, 0.15) is 12.8 Å². The molecule has 1 N–H and O–H groups in total. The smallest absolute Gasteiger partial charge is 0.334 e. The molecule has 0 unspecified atom stereocenters. The second-order valence-corrected chi connectivity index (χ2v) is 5.38. The first-order chi connectivity index (χ1) is 10.6. The molecule has 120 valence electrons. The molecule has 22 heavy (non-hydrogen) atoms. The predicted molar refractivity (Wildman–Crippen MR) is 80.1 cm³/mol. The molecular formula is C15H18ClNO5. The summed E-state index contributed by atoms with van der Waals surface area (Å²) in [7, 11) is 0. The van der Waals surface area contributed by atoms with Crippen LogP contribution in [0.3, 0.4) is 0 Å². The van der Waals surface area contributed by atoms with Gasteiger partial charge in [0.2, 0.25) is 5.91 Å². The van der Waals surface area contributed by atoms with E-state index in [9.17, 15) is 9.59 Å². The summed E-state index contributed by atoms with van der Waals surface area (Å²) in [4.78, 5) is 24.4. The highest BCUT2D eigenvalue weighted by molar-refractivity contribution is 6.30. The highest BCUT2D eigenvalue weighted by Crippen LogP contribution is 2.16. The van der Waals surface area contributed by atoms with Crippen LogP contribution in [0.2, 0.25) is 5.02 Å². The number of amides is 1. The fraction of sp³-hybridized carbons (Fsp3) is 0.467. The van der Waals surface area contributed by atoms with Crippen molar-refractivity contribution >= 4 is 23.5 Å². The molecule has 0 aromatic heterocycles. The quantitative estimate of drug-likeness (QED) is 0.806. The molecule has 1 aromatic rings. The highest BCUT2D eigenvalue weighted by atomic mass is 35.5. The maximum atomic E-state index is 12.0. The van der Waals surface area contributed by atoms with Gasteiger partial charge in [0.25, 0.3) is 0 Å². The first kappa shape index (κ1) is 16.6. The van der Waals surface area contributed by atoms with Crippen molar-refractivity contribution in [3.63, 3.8) is 0 Å². The lowest BCUT2D eigenvalue weighted by molar-refractivity contribution is -0.159. The Balaban J connectivity index is 1.69. The summed E-state index contributed by atoms with van der Waals surface area (Å²) < 4.78 is 10.6. The van der Waals surface area contributed by atoms with Crippen molar-refractivity contribution in [3.05, 3.63) is 29.3 Å². The topological polar surface area (TPSA) is 76.1 Å². The summed E-state index contributed by atoms with van der Waals surface area (Å²) in [6.07, 6.45) is -0.0424. The van der Waals surface area contributed by atoms with Gasteiger partial charge in [-0.2, -0.15) is 0 Å². The van der Waals surface area contributed by atoms with Crippen molar-refractivity contribution in [1.82, 2.24) is 4.90 Å². The molecule has 0 bridgehead atoms. The third-order valence-electron chi connectivity index (χ3n) is 3.31. The zero-order chi connectivity index (χ0) is 15.9. The van der Waals surface area contributed by atoms with Gasteiger partial charge in [-0.05, 0) is 30.7 Å². The second-order valence-electron chi connectivity index (χ2n) is 4.94. The van der Waals surface area contributed by atoms with E-state index in [1.165, 1.54) is 4.90 Å². The first-order valence-corrected chi connectivity index (χ1v) is 7.44. The number of hydrogen-bond acceptors (Lipinski definition) is 4. The van der Waals surface area contributed by atoms with Crippen LogP contribution in [0.15, 0.2) is 24.3 Å². The molecule has 1 amide bonds. The number of hydrogen-bond donors (Lipinski definition) is 1. The fourth-order valence-corrected chi connectivity index (χ4v) is 2.25. The van der Waals surface area contributed by atoms with Crippen LogP contribution in [-0.2, 0) is 14.3 Å². The van der Waals surface area contributed by atoms with E-state index in [0.717, 1.165) is 0 Å². The number of ether oxygens (including phenoxy) is 2. The number of rotatable bonds is 6. The van der Waals surface area contributed by atoms with Crippen LogP contribution in [0.4, 0.5) is 0 Å². The van der Waals surface area contributed by atoms with E-state index in [1.807, 2.05) is 0 Å². The van der Waals surface area contributed by atoms with Gasteiger partial charge in [0.1, 0.15) is 5.75 Å². The Morgan fingerprint density at radius 1 is 1.36 bits per heavy atom. The third kappa shape index (κ3) is 4.89. The molecule has 1 saturated heterocycles. The molecule has 1 fully saturated rings. The number of carbonyl (C=O) groups excluding carboxylic acids is 1.